The lowest BCUT2D eigenvalue weighted by Gasteiger charge is -2.27. The third-order valence-electron chi connectivity index (χ3n) is 4.46. The lowest BCUT2D eigenvalue weighted by Crippen LogP contribution is -2.35. The second kappa shape index (κ2) is 7.87. The number of ether oxygens (including phenoxy) is 1. The summed E-state index contributed by atoms with van der Waals surface area (Å²) in [6.07, 6.45) is 0.267. The molecule has 138 valence electrons. The number of esters is 1. The molecule has 1 saturated heterocycles. The molecule has 1 amide bonds. The molecule has 1 fully saturated rings. The summed E-state index contributed by atoms with van der Waals surface area (Å²) in [6.45, 7) is 6.80. The molecular formula is C19H28N2O4. The SMILES string of the molecule is CC(C)(C)OC(=O)C(Cc1cccc(CN)c1)[C@H]1CCN(C(=O)O)C1. The van der Waals surface area contributed by atoms with Crippen LogP contribution in [0.1, 0.15) is 38.3 Å². The maximum absolute atomic E-state index is 12.8. The fraction of sp³-hybridized carbons (Fsp3) is 0.579. The first-order valence-electron chi connectivity index (χ1n) is 8.68. The molecule has 0 radical (unpaired) electrons. The van der Waals surface area contributed by atoms with Crippen LogP contribution in [-0.4, -0.2) is 40.8 Å². The minimum Gasteiger partial charge on any atom is -0.465 e. The van der Waals surface area contributed by atoms with Gasteiger partial charge in [-0.05, 0) is 50.7 Å². The van der Waals surface area contributed by atoms with E-state index in [0.29, 0.717) is 32.5 Å². The van der Waals surface area contributed by atoms with Gasteiger partial charge in [0.25, 0.3) is 0 Å². The Morgan fingerprint density at radius 2 is 2.04 bits per heavy atom. The van der Waals surface area contributed by atoms with E-state index in [9.17, 15) is 14.7 Å². The Balaban J connectivity index is 2.19. The molecule has 1 heterocycles. The molecule has 6 heteroatoms. The Hall–Kier alpha value is -2.08. The molecule has 1 aromatic carbocycles. The predicted octanol–water partition coefficient (Wildman–Crippen LogP) is 2.65. The van der Waals surface area contributed by atoms with Crippen molar-refractivity contribution in [3.05, 3.63) is 35.4 Å². The molecule has 1 unspecified atom stereocenters. The van der Waals surface area contributed by atoms with Gasteiger partial charge >= 0.3 is 12.1 Å². The zero-order valence-electron chi connectivity index (χ0n) is 15.2. The summed E-state index contributed by atoms with van der Waals surface area (Å²) in [5, 5.41) is 9.19. The topological polar surface area (TPSA) is 92.9 Å². The van der Waals surface area contributed by atoms with Crippen LogP contribution in [0.3, 0.4) is 0 Å². The molecular weight excluding hydrogens is 320 g/mol. The number of rotatable bonds is 5. The predicted molar refractivity (Wildman–Crippen MR) is 95.1 cm³/mol. The van der Waals surface area contributed by atoms with E-state index in [1.165, 1.54) is 4.90 Å². The Morgan fingerprint density at radius 3 is 2.60 bits per heavy atom. The minimum atomic E-state index is -0.935. The number of nitrogens with two attached hydrogens (primary N) is 1. The lowest BCUT2D eigenvalue weighted by molar-refractivity contribution is -0.161. The summed E-state index contributed by atoms with van der Waals surface area (Å²) in [5.74, 6) is -0.660. The number of carbonyl (C=O) groups is 2. The first-order valence-corrected chi connectivity index (χ1v) is 8.68. The average Bonchev–Trinajstić information content (AvgIpc) is 3.01. The lowest BCUT2D eigenvalue weighted by atomic mass is 9.85. The molecule has 0 bridgehead atoms. The third kappa shape index (κ3) is 5.46. The van der Waals surface area contributed by atoms with Crippen LogP contribution in [0.2, 0.25) is 0 Å². The average molecular weight is 348 g/mol. The van der Waals surface area contributed by atoms with Crippen LogP contribution in [0.5, 0.6) is 0 Å². The number of likely N-dealkylation sites (tertiary alicyclic amines) is 1. The molecule has 1 aromatic rings. The maximum atomic E-state index is 12.8. The molecule has 1 aliphatic rings. The van der Waals surface area contributed by atoms with Gasteiger partial charge in [-0.2, -0.15) is 0 Å². The van der Waals surface area contributed by atoms with E-state index in [-0.39, 0.29) is 17.8 Å². The quantitative estimate of drug-likeness (QED) is 0.798. The van der Waals surface area contributed by atoms with Crippen LogP contribution >= 0.6 is 0 Å². The summed E-state index contributed by atoms with van der Waals surface area (Å²) in [5.41, 5.74) is 7.17. The van der Waals surface area contributed by atoms with Crippen molar-refractivity contribution in [3.63, 3.8) is 0 Å². The minimum absolute atomic E-state index is 0.0347. The molecule has 25 heavy (non-hydrogen) atoms. The maximum Gasteiger partial charge on any atom is 0.407 e. The smallest absolute Gasteiger partial charge is 0.407 e. The van der Waals surface area contributed by atoms with E-state index in [2.05, 4.69) is 0 Å². The van der Waals surface area contributed by atoms with Crippen molar-refractivity contribution < 1.29 is 19.4 Å². The first-order chi connectivity index (χ1) is 11.7. The van der Waals surface area contributed by atoms with Crippen molar-refractivity contribution in [2.75, 3.05) is 13.1 Å². The molecule has 0 saturated carbocycles. The highest BCUT2D eigenvalue weighted by Crippen LogP contribution is 2.30. The van der Waals surface area contributed by atoms with Crippen LogP contribution in [-0.2, 0) is 22.5 Å². The number of hydrogen-bond donors (Lipinski definition) is 2. The van der Waals surface area contributed by atoms with Gasteiger partial charge in [0, 0.05) is 19.6 Å². The summed E-state index contributed by atoms with van der Waals surface area (Å²) in [6, 6.07) is 7.86. The normalized spacial score (nSPS) is 18.9. The molecule has 6 nitrogen and oxygen atoms in total. The molecule has 2 atom stereocenters. The number of nitrogens with zero attached hydrogens (tertiary/aromatic N) is 1. The van der Waals surface area contributed by atoms with Gasteiger partial charge in [0.15, 0.2) is 0 Å². The van der Waals surface area contributed by atoms with Crippen LogP contribution in [0, 0.1) is 11.8 Å². The second-order valence-electron chi connectivity index (χ2n) is 7.65. The number of amides is 1. The van der Waals surface area contributed by atoms with E-state index >= 15 is 0 Å². The van der Waals surface area contributed by atoms with Crippen molar-refractivity contribution in [1.82, 2.24) is 4.90 Å². The van der Waals surface area contributed by atoms with E-state index in [1.807, 2.05) is 45.0 Å². The van der Waals surface area contributed by atoms with Gasteiger partial charge in [0.05, 0.1) is 5.92 Å². The number of hydrogen-bond acceptors (Lipinski definition) is 4. The van der Waals surface area contributed by atoms with Gasteiger partial charge < -0.3 is 20.5 Å². The van der Waals surface area contributed by atoms with Gasteiger partial charge in [-0.25, -0.2) is 4.79 Å². The van der Waals surface area contributed by atoms with Crippen LogP contribution < -0.4 is 5.73 Å². The first kappa shape index (κ1) is 19.2. The van der Waals surface area contributed by atoms with Crippen molar-refractivity contribution >= 4 is 12.1 Å². The van der Waals surface area contributed by atoms with Gasteiger partial charge in [-0.15, -0.1) is 0 Å². The van der Waals surface area contributed by atoms with Gasteiger partial charge in [-0.1, -0.05) is 24.3 Å². The third-order valence-corrected chi connectivity index (χ3v) is 4.46. The van der Waals surface area contributed by atoms with E-state index < -0.39 is 11.7 Å². The van der Waals surface area contributed by atoms with Crippen LogP contribution in [0.15, 0.2) is 24.3 Å². The number of carboxylic acid groups (broad SMARTS) is 1. The van der Waals surface area contributed by atoms with E-state index in [0.717, 1.165) is 11.1 Å². The van der Waals surface area contributed by atoms with Crippen molar-refractivity contribution in [3.8, 4) is 0 Å². The summed E-state index contributed by atoms with van der Waals surface area (Å²) >= 11 is 0. The van der Waals surface area contributed by atoms with Crippen LogP contribution in [0.4, 0.5) is 4.79 Å². The zero-order valence-corrected chi connectivity index (χ0v) is 15.2. The Kier molecular flexibility index (Phi) is 6.06. The zero-order chi connectivity index (χ0) is 18.6. The highest BCUT2D eigenvalue weighted by Gasteiger charge is 2.37. The number of benzene rings is 1. The largest absolute Gasteiger partial charge is 0.465 e. The van der Waals surface area contributed by atoms with E-state index in [4.69, 9.17) is 10.5 Å². The molecule has 0 spiro atoms. The summed E-state index contributed by atoms with van der Waals surface area (Å²) in [4.78, 5) is 25.3. The van der Waals surface area contributed by atoms with Crippen molar-refractivity contribution in [2.45, 2.75) is 45.8 Å². The van der Waals surface area contributed by atoms with Gasteiger partial charge in [0.1, 0.15) is 5.60 Å². The fourth-order valence-corrected chi connectivity index (χ4v) is 3.25. The van der Waals surface area contributed by atoms with Crippen LogP contribution in [0.25, 0.3) is 0 Å². The Labute approximate surface area is 149 Å². The van der Waals surface area contributed by atoms with Gasteiger partial charge in [0.2, 0.25) is 0 Å². The standard InChI is InChI=1S/C19H28N2O4/c1-19(2,3)25-17(22)16(15-7-8-21(12-15)18(23)24)10-13-5-4-6-14(9-13)11-20/h4-6,9,15-16H,7-8,10-12,20H2,1-3H3,(H,23,24)/t15-,16?/m0/s1. The van der Waals surface area contributed by atoms with Gasteiger partial charge in [-0.3, -0.25) is 4.79 Å². The summed E-state index contributed by atoms with van der Waals surface area (Å²) < 4.78 is 5.61. The van der Waals surface area contributed by atoms with Crippen molar-refractivity contribution in [2.24, 2.45) is 17.6 Å². The fourth-order valence-electron chi connectivity index (χ4n) is 3.25. The second-order valence-corrected chi connectivity index (χ2v) is 7.65. The molecule has 0 aromatic heterocycles. The molecule has 2 rings (SSSR count). The number of carbonyl (C=O) groups excluding carboxylic acids is 1. The highest BCUT2D eigenvalue weighted by molar-refractivity contribution is 5.74. The highest BCUT2D eigenvalue weighted by atomic mass is 16.6. The van der Waals surface area contributed by atoms with Crippen molar-refractivity contribution in [1.29, 1.82) is 0 Å². The Bertz CT molecular complexity index is 624. The molecule has 0 aliphatic carbocycles. The molecule has 3 N–H and O–H groups in total. The Morgan fingerprint density at radius 1 is 1.36 bits per heavy atom. The summed E-state index contributed by atoms with van der Waals surface area (Å²) in [7, 11) is 0. The molecule has 1 aliphatic heterocycles. The monoisotopic (exact) mass is 348 g/mol. The van der Waals surface area contributed by atoms with E-state index in [1.54, 1.807) is 0 Å².